The standard InChI is InChI=1S/C72H124N5O10PS2/c1-5-7-9-11-13-15-17-19-21-23-25-27-29-31-33-37-51-72(52-38-34-32-30-28-26-24-22-20-18-16-14-12-10-8-6-2)85-62-67(86-72)49-55-76(4)54-40-36-35-39-53-73-69(79)43-41-56-84-66-47-45-64(46-48-66)63(3)74-75-70(80)50-58-90-89-57-42-44-71(81)77-60-68(87-88(82)83)59-65(77)61-78/h13-16,19-22,45-48,65,67-68,78,88H,5-12,17-18,23-44,49-62H2,1-4H3,(H,73,79)(H,75,80)(H,82,83)/b15-13-,16-14-,21-19-,22-20-,74-63+/t65-,67?,68+/m0/s1. The number of benzene rings is 1. The molecule has 15 nitrogen and oxygen atoms in total. The number of aliphatic hydroxyl groups excluding tert-OH is 1. The summed E-state index contributed by atoms with van der Waals surface area (Å²) in [4.78, 5) is 50.7. The van der Waals surface area contributed by atoms with Gasteiger partial charge in [0.15, 0.2) is 5.79 Å². The van der Waals surface area contributed by atoms with Crippen molar-refractivity contribution in [1.82, 2.24) is 20.5 Å². The molecule has 0 saturated carbocycles. The molecule has 514 valence electrons. The summed E-state index contributed by atoms with van der Waals surface area (Å²) in [7, 11) is 2.27. The molecule has 0 aliphatic carbocycles. The molecule has 2 heterocycles. The number of hydrazone groups is 1. The molecule has 18 heteroatoms. The number of likely N-dealkylation sites (tertiary alicyclic amines) is 1. The summed E-state index contributed by atoms with van der Waals surface area (Å²) in [6, 6.07) is 7.11. The number of hydrogen-bond acceptors (Lipinski definition) is 13. The maximum atomic E-state index is 12.7. The van der Waals surface area contributed by atoms with E-state index in [0.29, 0.717) is 75.5 Å². The van der Waals surface area contributed by atoms with Crippen LogP contribution in [0.25, 0.3) is 0 Å². The van der Waals surface area contributed by atoms with Gasteiger partial charge in [-0.15, -0.1) is 0 Å². The van der Waals surface area contributed by atoms with Crippen molar-refractivity contribution in [1.29, 1.82) is 0 Å². The van der Waals surface area contributed by atoms with Crippen molar-refractivity contribution in [2.45, 2.75) is 282 Å². The second-order valence-electron chi connectivity index (χ2n) is 24.8. The molecule has 0 bridgehead atoms. The van der Waals surface area contributed by atoms with Gasteiger partial charge in [0.1, 0.15) is 5.75 Å². The lowest BCUT2D eigenvalue weighted by atomic mass is 9.98. The van der Waals surface area contributed by atoms with Crippen LogP contribution in [0.4, 0.5) is 0 Å². The Morgan fingerprint density at radius 2 is 1.27 bits per heavy atom. The lowest BCUT2D eigenvalue weighted by Crippen LogP contribution is -2.37. The monoisotopic (exact) mass is 1310 g/mol. The van der Waals surface area contributed by atoms with E-state index in [1.54, 1.807) is 21.6 Å². The van der Waals surface area contributed by atoms with Gasteiger partial charge in [-0.2, -0.15) is 5.10 Å². The van der Waals surface area contributed by atoms with Gasteiger partial charge >= 0.3 is 8.25 Å². The highest BCUT2D eigenvalue weighted by molar-refractivity contribution is 8.76. The van der Waals surface area contributed by atoms with Crippen LogP contribution >= 0.6 is 29.8 Å². The summed E-state index contributed by atoms with van der Waals surface area (Å²) < 4.78 is 35.5. The van der Waals surface area contributed by atoms with Crippen molar-refractivity contribution in [2.75, 3.05) is 64.6 Å². The molecule has 2 aliphatic heterocycles. The van der Waals surface area contributed by atoms with E-state index < -0.39 is 26.2 Å². The van der Waals surface area contributed by atoms with Gasteiger partial charge in [-0.3, -0.25) is 18.9 Å². The number of aliphatic hydroxyl groups is 1. The predicted octanol–water partition coefficient (Wildman–Crippen LogP) is 17.1. The molecule has 4 atom stereocenters. The third-order valence-electron chi connectivity index (χ3n) is 16.8. The highest BCUT2D eigenvalue weighted by Crippen LogP contribution is 2.36. The number of carbonyl (C=O) groups is 3. The van der Waals surface area contributed by atoms with Crippen LogP contribution < -0.4 is 15.5 Å². The molecule has 3 amide bonds. The van der Waals surface area contributed by atoms with E-state index in [9.17, 15) is 24.1 Å². The molecule has 2 aliphatic rings. The zero-order valence-electron chi connectivity index (χ0n) is 56.5. The molecule has 4 N–H and O–H groups in total. The summed E-state index contributed by atoms with van der Waals surface area (Å²) in [5.74, 6) is 1.36. The summed E-state index contributed by atoms with van der Waals surface area (Å²) in [6.07, 6.45) is 58.5. The topological polar surface area (TPSA) is 189 Å². The first-order chi connectivity index (χ1) is 44.0. The number of hydrogen-bond donors (Lipinski definition) is 4. The molecule has 2 fully saturated rings. The normalized spacial score (nSPS) is 17.3. The van der Waals surface area contributed by atoms with Gasteiger partial charge in [0.25, 0.3) is 0 Å². The highest BCUT2D eigenvalue weighted by atomic mass is 33.1. The molecule has 90 heavy (non-hydrogen) atoms. The Bertz CT molecular complexity index is 2120. The molecule has 2 unspecified atom stereocenters. The largest absolute Gasteiger partial charge is 0.494 e. The van der Waals surface area contributed by atoms with Gasteiger partial charge in [0.2, 0.25) is 17.7 Å². The van der Waals surface area contributed by atoms with E-state index in [4.69, 9.17) is 23.6 Å². The van der Waals surface area contributed by atoms with Gasteiger partial charge in [-0.25, -0.2) is 5.43 Å². The van der Waals surface area contributed by atoms with Crippen molar-refractivity contribution in [3.8, 4) is 5.75 Å². The number of nitrogens with zero attached hydrogens (tertiary/aromatic N) is 3. The summed E-state index contributed by atoms with van der Waals surface area (Å²) in [5, 5.41) is 17.0. The van der Waals surface area contributed by atoms with E-state index in [0.717, 1.165) is 82.2 Å². The lowest BCUT2D eigenvalue weighted by molar-refractivity contribution is -0.180. The Kier molecular flexibility index (Phi) is 49.6. The second kappa shape index (κ2) is 55.1. The SMILES string of the molecule is CCCCC/C=C\C/C=C\CCCCCCCCC1(CCCCCCCC/C=C\C/C=C\CCCCC)OCC(CCN(C)CCCCCCNC(=O)CCCOc2ccc(/C(C)=N/NC(=O)CCSSCCCC(=O)N3C[C@H](O[PH](=O)O)C[C@H]3CO)cc2)O1. The van der Waals surface area contributed by atoms with Crippen molar-refractivity contribution in [3.05, 3.63) is 78.4 Å². The molecule has 1 aromatic rings. The van der Waals surface area contributed by atoms with Crippen LogP contribution in [0.1, 0.15) is 264 Å². The third kappa shape index (κ3) is 42.2. The molecule has 3 rings (SSSR count). The maximum Gasteiger partial charge on any atom is 0.316 e. The highest BCUT2D eigenvalue weighted by Gasteiger charge is 2.40. The van der Waals surface area contributed by atoms with Crippen LogP contribution in [0.15, 0.2) is 78.0 Å². The molecule has 2 saturated heterocycles. The average molecular weight is 1310 g/mol. The molecule has 0 aromatic heterocycles. The predicted molar refractivity (Wildman–Crippen MR) is 379 cm³/mol. The fraction of sp³-hybridized carbons (Fsp3) is 0.750. The van der Waals surface area contributed by atoms with Crippen molar-refractivity contribution in [3.63, 3.8) is 0 Å². The van der Waals surface area contributed by atoms with Gasteiger partial charge in [0, 0.05) is 63.2 Å². The summed E-state index contributed by atoms with van der Waals surface area (Å²) in [5.41, 5.74) is 4.15. The molecular formula is C72H124N5O10PS2. The minimum atomic E-state index is -3.11. The molecule has 0 spiro atoms. The van der Waals surface area contributed by atoms with E-state index >= 15 is 0 Å². The smallest absolute Gasteiger partial charge is 0.316 e. The molecule has 1 aromatic carbocycles. The Hall–Kier alpha value is -3.25. The van der Waals surface area contributed by atoms with Crippen LogP contribution in [0.2, 0.25) is 0 Å². The minimum absolute atomic E-state index is 0.0539. The van der Waals surface area contributed by atoms with Crippen molar-refractivity contribution in [2.24, 2.45) is 5.10 Å². The van der Waals surface area contributed by atoms with Gasteiger partial charge in [-0.1, -0.05) is 174 Å². The van der Waals surface area contributed by atoms with Crippen LogP contribution in [0.5, 0.6) is 5.75 Å². The lowest BCUT2D eigenvalue weighted by Gasteiger charge is -2.29. The van der Waals surface area contributed by atoms with Crippen molar-refractivity contribution < 1.29 is 47.7 Å². The first-order valence-electron chi connectivity index (χ1n) is 35.4. The Labute approximate surface area is 554 Å². The first kappa shape index (κ1) is 81.0. The maximum absolute atomic E-state index is 12.7. The zero-order chi connectivity index (χ0) is 64.8. The van der Waals surface area contributed by atoms with Crippen LogP contribution in [-0.2, 0) is 32.9 Å². The third-order valence-corrected chi connectivity index (χ3v) is 19.8. The van der Waals surface area contributed by atoms with Gasteiger partial charge in [-0.05, 0) is 166 Å². The second-order valence-corrected chi connectivity index (χ2v) is 28.3. The van der Waals surface area contributed by atoms with Crippen LogP contribution in [-0.4, -0.2) is 132 Å². The number of carbonyl (C=O) groups excluding carboxylic acids is 3. The van der Waals surface area contributed by atoms with Gasteiger partial charge < -0.3 is 43.9 Å². The Balaban J connectivity index is 1.21. The number of nitrogens with one attached hydrogen (secondary N) is 2. The average Bonchev–Trinajstić information content (AvgIpc) is 1.94. The van der Waals surface area contributed by atoms with Crippen molar-refractivity contribution >= 4 is 53.3 Å². The number of amides is 3. The van der Waals surface area contributed by atoms with Crippen LogP contribution in [0.3, 0.4) is 0 Å². The summed E-state index contributed by atoms with van der Waals surface area (Å²) in [6.45, 7) is 10.3. The molecule has 0 radical (unpaired) electrons. The number of allylic oxidation sites excluding steroid dienone is 8. The first-order valence-corrected chi connectivity index (χ1v) is 39.2. The Morgan fingerprint density at radius 3 is 1.87 bits per heavy atom. The zero-order valence-corrected chi connectivity index (χ0v) is 59.1. The quantitative estimate of drug-likeness (QED) is 0.0121. The fourth-order valence-corrected chi connectivity index (χ4v) is 13.8. The van der Waals surface area contributed by atoms with E-state index in [-0.39, 0.29) is 37.0 Å². The summed E-state index contributed by atoms with van der Waals surface area (Å²) >= 11 is 0. The Morgan fingerprint density at radius 1 is 0.700 bits per heavy atom. The number of rotatable bonds is 58. The van der Waals surface area contributed by atoms with E-state index in [1.165, 1.54) is 146 Å². The van der Waals surface area contributed by atoms with Gasteiger partial charge in [0.05, 0.1) is 43.8 Å². The van der Waals surface area contributed by atoms with E-state index in [1.807, 2.05) is 31.2 Å². The van der Waals surface area contributed by atoms with Crippen LogP contribution in [0, 0.1) is 0 Å². The minimum Gasteiger partial charge on any atom is -0.494 e. The number of unbranched alkanes of at least 4 members (excludes halogenated alkanes) is 21. The molecular weight excluding hydrogens is 1190 g/mol. The van der Waals surface area contributed by atoms with E-state index in [2.05, 4.69) is 90.2 Å². The number of ether oxygens (including phenoxy) is 3. The fourth-order valence-electron chi connectivity index (χ4n) is 11.3.